The van der Waals surface area contributed by atoms with E-state index in [1.54, 1.807) is 0 Å². The van der Waals surface area contributed by atoms with Gasteiger partial charge in [0, 0.05) is 6.54 Å². The number of rotatable bonds is 5. The van der Waals surface area contributed by atoms with Crippen molar-refractivity contribution in [1.82, 2.24) is 5.32 Å². The van der Waals surface area contributed by atoms with Crippen LogP contribution in [0.1, 0.15) is 6.42 Å². The number of allylic oxidation sites excluding steroid dienone is 4. The normalized spacial score (nSPS) is 20.4. The lowest BCUT2D eigenvalue weighted by Crippen LogP contribution is -2.39. The second kappa shape index (κ2) is 6.07. The van der Waals surface area contributed by atoms with Gasteiger partial charge in [0.2, 0.25) is 5.91 Å². The molecular formula is C11H16N2O3. The third kappa shape index (κ3) is 3.51. The highest BCUT2D eigenvalue weighted by atomic mass is 16.4. The number of hydrogen-bond donors (Lipinski definition) is 3. The maximum absolute atomic E-state index is 11.1. The summed E-state index contributed by atoms with van der Waals surface area (Å²) in [7, 11) is 0. The minimum Gasteiger partial charge on any atom is -0.481 e. The molecule has 0 saturated heterocycles. The standard InChI is InChI=1S/C11H16N2O3/c12-6-10(14)13-7-9(11(15)16)8-4-2-1-3-5-8/h1-4,8-9H,5-7,12H2,(H,13,14)(H,15,16). The maximum atomic E-state index is 11.1. The van der Waals surface area contributed by atoms with Crippen LogP contribution in [-0.2, 0) is 9.59 Å². The molecule has 88 valence electrons. The fourth-order valence-corrected chi connectivity index (χ4v) is 1.62. The smallest absolute Gasteiger partial charge is 0.308 e. The Hall–Kier alpha value is -1.62. The second-order valence-electron chi connectivity index (χ2n) is 3.67. The minimum absolute atomic E-state index is 0.0689. The lowest BCUT2D eigenvalue weighted by Gasteiger charge is -2.21. The van der Waals surface area contributed by atoms with Crippen LogP contribution in [0.5, 0.6) is 0 Å². The average molecular weight is 224 g/mol. The number of carbonyl (C=O) groups is 2. The summed E-state index contributed by atoms with van der Waals surface area (Å²) in [6.45, 7) is 0.000953. The van der Waals surface area contributed by atoms with Gasteiger partial charge in [-0.3, -0.25) is 9.59 Å². The van der Waals surface area contributed by atoms with Crippen molar-refractivity contribution >= 4 is 11.9 Å². The van der Waals surface area contributed by atoms with Crippen LogP contribution in [0.3, 0.4) is 0 Å². The number of hydrogen-bond acceptors (Lipinski definition) is 3. The van der Waals surface area contributed by atoms with Gasteiger partial charge in [-0.2, -0.15) is 0 Å². The largest absolute Gasteiger partial charge is 0.481 e. The Labute approximate surface area is 94.0 Å². The summed E-state index contributed by atoms with van der Waals surface area (Å²) >= 11 is 0. The van der Waals surface area contributed by atoms with Crippen LogP contribution in [0, 0.1) is 11.8 Å². The van der Waals surface area contributed by atoms with Gasteiger partial charge in [-0.1, -0.05) is 24.3 Å². The summed E-state index contributed by atoms with van der Waals surface area (Å²) in [6, 6.07) is 0. The number of carbonyl (C=O) groups excluding carboxylic acids is 1. The first-order valence-electron chi connectivity index (χ1n) is 5.18. The molecule has 0 fully saturated rings. The molecule has 4 N–H and O–H groups in total. The lowest BCUT2D eigenvalue weighted by molar-refractivity contribution is -0.143. The highest BCUT2D eigenvalue weighted by Crippen LogP contribution is 2.21. The van der Waals surface area contributed by atoms with Gasteiger partial charge in [0.05, 0.1) is 12.5 Å². The number of aliphatic carboxylic acids is 1. The summed E-state index contributed by atoms with van der Waals surface area (Å²) in [5.74, 6) is -1.90. The summed E-state index contributed by atoms with van der Waals surface area (Å²) in [6.07, 6.45) is 8.17. The zero-order chi connectivity index (χ0) is 12.0. The van der Waals surface area contributed by atoms with Crippen molar-refractivity contribution in [1.29, 1.82) is 0 Å². The van der Waals surface area contributed by atoms with Crippen LogP contribution in [0.4, 0.5) is 0 Å². The van der Waals surface area contributed by atoms with E-state index in [2.05, 4.69) is 5.32 Å². The molecule has 5 nitrogen and oxygen atoms in total. The summed E-state index contributed by atoms with van der Waals surface area (Å²) in [4.78, 5) is 22.0. The Bertz CT molecular complexity index is 323. The zero-order valence-corrected chi connectivity index (χ0v) is 8.93. The molecule has 0 aliphatic heterocycles. The third-order valence-corrected chi connectivity index (χ3v) is 2.55. The molecule has 1 aliphatic rings. The quantitative estimate of drug-likeness (QED) is 0.607. The van der Waals surface area contributed by atoms with Crippen molar-refractivity contribution in [2.75, 3.05) is 13.1 Å². The maximum Gasteiger partial charge on any atom is 0.308 e. The number of carboxylic acids is 1. The number of nitrogens with two attached hydrogens (primary N) is 1. The van der Waals surface area contributed by atoms with E-state index in [1.807, 2.05) is 24.3 Å². The molecule has 2 atom stereocenters. The fourth-order valence-electron chi connectivity index (χ4n) is 1.62. The van der Waals surface area contributed by atoms with E-state index < -0.39 is 11.9 Å². The molecular weight excluding hydrogens is 208 g/mol. The third-order valence-electron chi connectivity index (χ3n) is 2.55. The summed E-state index contributed by atoms with van der Waals surface area (Å²) in [5, 5.41) is 11.6. The van der Waals surface area contributed by atoms with Gasteiger partial charge >= 0.3 is 5.97 Å². The predicted octanol–water partition coefficient (Wildman–Crippen LogP) is -0.106. The Morgan fingerprint density at radius 3 is 2.75 bits per heavy atom. The molecule has 1 amide bonds. The van der Waals surface area contributed by atoms with E-state index in [-0.39, 0.29) is 24.9 Å². The van der Waals surface area contributed by atoms with Crippen LogP contribution in [-0.4, -0.2) is 30.1 Å². The summed E-state index contributed by atoms with van der Waals surface area (Å²) < 4.78 is 0. The van der Waals surface area contributed by atoms with Crippen molar-refractivity contribution in [3.63, 3.8) is 0 Å². The van der Waals surface area contributed by atoms with Gasteiger partial charge in [0.15, 0.2) is 0 Å². The van der Waals surface area contributed by atoms with Gasteiger partial charge in [-0.15, -0.1) is 0 Å². The molecule has 0 aromatic rings. The van der Waals surface area contributed by atoms with Gasteiger partial charge in [-0.25, -0.2) is 0 Å². The average Bonchev–Trinajstić information content (AvgIpc) is 2.30. The fraction of sp³-hybridized carbons (Fsp3) is 0.455. The molecule has 0 radical (unpaired) electrons. The minimum atomic E-state index is -0.901. The van der Waals surface area contributed by atoms with E-state index in [0.717, 1.165) is 0 Å². The Kier molecular flexibility index (Phi) is 4.72. The molecule has 1 rings (SSSR count). The van der Waals surface area contributed by atoms with Gasteiger partial charge in [0.25, 0.3) is 0 Å². The second-order valence-corrected chi connectivity index (χ2v) is 3.67. The highest BCUT2D eigenvalue weighted by molar-refractivity contribution is 5.79. The van der Waals surface area contributed by atoms with Crippen molar-refractivity contribution in [2.45, 2.75) is 6.42 Å². The van der Waals surface area contributed by atoms with Crippen LogP contribution >= 0.6 is 0 Å². The van der Waals surface area contributed by atoms with Crippen molar-refractivity contribution in [3.8, 4) is 0 Å². The Balaban J connectivity index is 2.54. The van der Waals surface area contributed by atoms with Gasteiger partial charge in [-0.05, 0) is 12.3 Å². The first-order valence-corrected chi connectivity index (χ1v) is 5.18. The molecule has 0 saturated carbocycles. The Morgan fingerprint density at radius 1 is 1.50 bits per heavy atom. The first-order chi connectivity index (χ1) is 7.65. The molecule has 1 aliphatic carbocycles. The zero-order valence-electron chi connectivity index (χ0n) is 8.93. The van der Waals surface area contributed by atoms with Crippen molar-refractivity contribution < 1.29 is 14.7 Å². The number of nitrogens with one attached hydrogen (secondary N) is 1. The topological polar surface area (TPSA) is 92.4 Å². The van der Waals surface area contributed by atoms with E-state index in [0.29, 0.717) is 6.42 Å². The van der Waals surface area contributed by atoms with Crippen LogP contribution in [0.2, 0.25) is 0 Å². The molecule has 0 aromatic heterocycles. The molecule has 5 heteroatoms. The van der Waals surface area contributed by atoms with Crippen molar-refractivity contribution in [2.24, 2.45) is 17.6 Å². The molecule has 2 unspecified atom stereocenters. The van der Waals surface area contributed by atoms with E-state index in [4.69, 9.17) is 10.8 Å². The van der Waals surface area contributed by atoms with Crippen LogP contribution in [0.15, 0.2) is 24.3 Å². The van der Waals surface area contributed by atoms with E-state index >= 15 is 0 Å². The van der Waals surface area contributed by atoms with Gasteiger partial charge < -0.3 is 16.2 Å². The van der Waals surface area contributed by atoms with E-state index in [9.17, 15) is 9.59 Å². The first kappa shape index (κ1) is 12.4. The number of carboxylic acid groups (broad SMARTS) is 1. The highest BCUT2D eigenvalue weighted by Gasteiger charge is 2.26. The molecule has 0 bridgehead atoms. The lowest BCUT2D eigenvalue weighted by atomic mass is 9.87. The number of amides is 1. The van der Waals surface area contributed by atoms with Crippen molar-refractivity contribution in [3.05, 3.63) is 24.3 Å². The van der Waals surface area contributed by atoms with Gasteiger partial charge in [0.1, 0.15) is 0 Å². The van der Waals surface area contributed by atoms with Crippen LogP contribution < -0.4 is 11.1 Å². The Morgan fingerprint density at radius 2 is 2.25 bits per heavy atom. The molecule has 0 spiro atoms. The molecule has 0 heterocycles. The molecule has 16 heavy (non-hydrogen) atoms. The monoisotopic (exact) mass is 224 g/mol. The predicted molar refractivity (Wildman–Crippen MR) is 59.6 cm³/mol. The molecule has 0 aromatic carbocycles. The summed E-state index contributed by atoms with van der Waals surface area (Å²) in [5.41, 5.74) is 5.13. The van der Waals surface area contributed by atoms with Crippen LogP contribution in [0.25, 0.3) is 0 Å². The van der Waals surface area contributed by atoms with E-state index in [1.165, 1.54) is 0 Å². The SMILES string of the molecule is NCC(=O)NCC(C(=O)O)C1C=CC=CC1.